The van der Waals surface area contributed by atoms with Crippen molar-refractivity contribution in [1.82, 2.24) is 16.0 Å². The number of nitrogens with one attached hydrogen (secondary N) is 3. The Kier molecular flexibility index (Phi) is 11.1. The number of methoxy groups -OCH3 is 2. The quantitative estimate of drug-likeness (QED) is 0.506. The summed E-state index contributed by atoms with van der Waals surface area (Å²) in [6, 6.07) is 5.80. The summed E-state index contributed by atoms with van der Waals surface area (Å²) in [6.45, 7) is 10.4. The van der Waals surface area contributed by atoms with Gasteiger partial charge in [-0.3, -0.25) is 10.1 Å². The van der Waals surface area contributed by atoms with Crippen molar-refractivity contribution < 1.29 is 14.3 Å². The second kappa shape index (κ2) is 11.6. The molecule has 0 bridgehead atoms. The fraction of sp³-hybridized carbons (Fsp3) is 0.571. The van der Waals surface area contributed by atoms with E-state index in [9.17, 15) is 4.79 Å². The summed E-state index contributed by atoms with van der Waals surface area (Å²) >= 11 is 0. The maximum absolute atomic E-state index is 12.5. The Morgan fingerprint density at radius 2 is 1.76 bits per heavy atom. The van der Waals surface area contributed by atoms with Gasteiger partial charge in [0.05, 0.1) is 14.2 Å². The lowest BCUT2D eigenvalue weighted by Crippen LogP contribution is -2.47. The highest BCUT2D eigenvalue weighted by molar-refractivity contribution is 5.96. The van der Waals surface area contributed by atoms with Crippen molar-refractivity contribution in [3.05, 3.63) is 35.4 Å². The molecule has 1 aliphatic rings. The van der Waals surface area contributed by atoms with Crippen LogP contribution in [0.3, 0.4) is 0 Å². The molecule has 0 aliphatic carbocycles. The summed E-state index contributed by atoms with van der Waals surface area (Å²) in [5, 5.41) is 9.87. The summed E-state index contributed by atoms with van der Waals surface area (Å²) in [7, 11) is 3.30. The van der Waals surface area contributed by atoms with E-state index >= 15 is 0 Å². The van der Waals surface area contributed by atoms with Crippen LogP contribution in [0.15, 0.2) is 29.8 Å². The van der Waals surface area contributed by atoms with Gasteiger partial charge in [0.25, 0.3) is 0 Å². The van der Waals surface area contributed by atoms with Crippen molar-refractivity contribution in [1.29, 1.82) is 0 Å². The molecule has 0 atom stereocenters. The van der Waals surface area contributed by atoms with E-state index in [1.165, 1.54) is 0 Å². The monoisotopic (exact) mass is 447 g/mol. The molecular weight excluding hydrogens is 413 g/mol. The Morgan fingerprint density at radius 3 is 2.31 bits per heavy atom. The van der Waals surface area contributed by atoms with Gasteiger partial charge in [-0.2, -0.15) is 0 Å². The first-order chi connectivity index (χ1) is 12.7. The van der Waals surface area contributed by atoms with Gasteiger partial charge in [0.1, 0.15) is 11.5 Å². The lowest BCUT2D eigenvalue weighted by atomic mass is 9.96. The van der Waals surface area contributed by atoms with Crippen LogP contribution in [-0.2, 0) is 11.3 Å². The van der Waals surface area contributed by atoms with Crippen molar-refractivity contribution in [2.24, 2.45) is 0 Å². The van der Waals surface area contributed by atoms with E-state index in [0.29, 0.717) is 13.1 Å². The molecule has 0 saturated carbocycles. The molecule has 0 fully saturated rings. The minimum Gasteiger partial charge on any atom is -0.497 e. The summed E-state index contributed by atoms with van der Waals surface area (Å²) < 4.78 is 10.6. The number of ether oxygens (including phenoxy) is 2. The van der Waals surface area contributed by atoms with Crippen LogP contribution in [0.5, 0.6) is 11.5 Å². The van der Waals surface area contributed by atoms with Gasteiger partial charge < -0.3 is 20.1 Å². The van der Waals surface area contributed by atoms with Crippen LogP contribution in [0.2, 0.25) is 0 Å². The van der Waals surface area contributed by atoms with Gasteiger partial charge in [0, 0.05) is 41.4 Å². The van der Waals surface area contributed by atoms with E-state index in [4.69, 9.17) is 9.47 Å². The first-order valence-corrected chi connectivity index (χ1v) is 9.41. The van der Waals surface area contributed by atoms with E-state index < -0.39 is 0 Å². The van der Waals surface area contributed by atoms with Crippen molar-refractivity contribution in [2.45, 2.75) is 51.7 Å². The zero-order valence-corrected chi connectivity index (χ0v) is 19.8. The van der Waals surface area contributed by atoms with E-state index in [1.807, 2.05) is 38.1 Å². The standard InChI is InChI=1S/C21H33N3O3.2ClH/c1-20(2)13-17(21(3,4)24-20)19(25)23-11-7-10-22-14-15-8-9-16(26-5)12-18(15)27-6;;/h8-9,12-13,22,24H,7,10-11,14H2,1-6H3,(H,23,25);2*1H. The largest absolute Gasteiger partial charge is 0.497 e. The smallest absolute Gasteiger partial charge is 0.248 e. The van der Waals surface area contributed by atoms with E-state index in [0.717, 1.165) is 35.6 Å². The molecule has 1 aromatic carbocycles. The van der Waals surface area contributed by atoms with E-state index in [1.54, 1.807) is 14.2 Å². The summed E-state index contributed by atoms with van der Waals surface area (Å²) in [5.74, 6) is 1.59. The molecule has 0 saturated heterocycles. The molecule has 3 N–H and O–H groups in total. The molecule has 0 aromatic heterocycles. The van der Waals surface area contributed by atoms with Gasteiger partial charge in [0.2, 0.25) is 5.91 Å². The first kappa shape index (κ1) is 27.5. The zero-order chi connectivity index (χ0) is 20.1. The fourth-order valence-electron chi connectivity index (χ4n) is 3.53. The fourth-order valence-corrected chi connectivity index (χ4v) is 3.53. The lowest BCUT2D eigenvalue weighted by molar-refractivity contribution is -0.118. The van der Waals surface area contributed by atoms with Crippen LogP contribution in [0, 0.1) is 0 Å². The lowest BCUT2D eigenvalue weighted by Gasteiger charge is -2.27. The highest BCUT2D eigenvalue weighted by Crippen LogP contribution is 2.29. The number of hydrogen-bond donors (Lipinski definition) is 3. The van der Waals surface area contributed by atoms with Gasteiger partial charge in [0.15, 0.2) is 0 Å². The molecule has 8 heteroatoms. The average molecular weight is 448 g/mol. The van der Waals surface area contributed by atoms with Crippen molar-refractivity contribution >= 4 is 30.7 Å². The summed E-state index contributed by atoms with van der Waals surface area (Å²) in [5.41, 5.74) is 1.42. The normalized spacial score (nSPS) is 16.1. The number of amides is 1. The van der Waals surface area contributed by atoms with Gasteiger partial charge in [-0.25, -0.2) is 0 Å². The maximum atomic E-state index is 12.5. The Balaban J connectivity index is 0.00000392. The molecule has 1 aromatic rings. The third-order valence-electron chi connectivity index (χ3n) is 4.68. The summed E-state index contributed by atoms with van der Waals surface area (Å²) in [6.07, 6.45) is 2.88. The van der Waals surface area contributed by atoms with Crippen LogP contribution in [0.25, 0.3) is 0 Å². The Hall–Kier alpha value is -1.47. The van der Waals surface area contributed by atoms with E-state index in [-0.39, 0.29) is 41.8 Å². The van der Waals surface area contributed by atoms with Gasteiger partial charge in [-0.1, -0.05) is 12.1 Å². The third-order valence-corrected chi connectivity index (χ3v) is 4.68. The highest BCUT2D eigenvalue weighted by Gasteiger charge is 2.39. The third kappa shape index (κ3) is 7.70. The predicted molar refractivity (Wildman–Crippen MR) is 123 cm³/mol. The molecule has 2 rings (SSSR count). The Morgan fingerprint density at radius 1 is 1.07 bits per heavy atom. The minimum atomic E-state index is -0.309. The average Bonchev–Trinajstić information content (AvgIpc) is 2.84. The van der Waals surface area contributed by atoms with Crippen molar-refractivity contribution in [3.63, 3.8) is 0 Å². The molecule has 1 heterocycles. The molecular formula is C21H35Cl2N3O3. The minimum absolute atomic E-state index is 0. The number of carbonyl (C=O) groups excluding carboxylic acids is 1. The van der Waals surface area contributed by atoms with Crippen LogP contribution in [-0.4, -0.2) is 44.3 Å². The molecule has 0 unspecified atom stereocenters. The number of halogens is 2. The van der Waals surface area contributed by atoms with Crippen LogP contribution in [0.4, 0.5) is 0 Å². The predicted octanol–water partition coefficient (Wildman–Crippen LogP) is 3.23. The number of rotatable bonds is 9. The van der Waals surface area contributed by atoms with E-state index in [2.05, 4.69) is 29.8 Å². The SMILES string of the molecule is COc1ccc(CNCCCNC(=O)C2=CC(C)(C)NC2(C)C)c(OC)c1.Cl.Cl. The number of benzene rings is 1. The molecule has 0 spiro atoms. The van der Waals surface area contributed by atoms with Gasteiger partial charge in [-0.05, 0) is 46.7 Å². The van der Waals surface area contributed by atoms with Crippen molar-refractivity contribution in [3.8, 4) is 11.5 Å². The second-order valence-electron chi connectivity index (χ2n) is 7.99. The Bertz CT molecular complexity index is 706. The van der Waals surface area contributed by atoms with Crippen molar-refractivity contribution in [2.75, 3.05) is 27.3 Å². The molecule has 6 nitrogen and oxygen atoms in total. The van der Waals surface area contributed by atoms with Crippen LogP contribution >= 0.6 is 24.8 Å². The zero-order valence-electron chi connectivity index (χ0n) is 18.2. The van der Waals surface area contributed by atoms with Gasteiger partial charge >= 0.3 is 0 Å². The first-order valence-electron chi connectivity index (χ1n) is 9.41. The highest BCUT2D eigenvalue weighted by atomic mass is 35.5. The number of hydrogen-bond acceptors (Lipinski definition) is 5. The molecule has 29 heavy (non-hydrogen) atoms. The molecule has 1 aliphatic heterocycles. The van der Waals surface area contributed by atoms with Crippen LogP contribution < -0.4 is 25.4 Å². The topological polar surface area (TPSA) is 71.6 Å². The maximum Gasteiger partial charge on any atom is 0.248 e. The second-order valence-corrected chi connectivity index (χ2v) is 7.99. The molecule has 0 radical (unpaired) electrons. The summed E-state index contributed by atoms with van der Waals surface area (Å²) in [4.78, 5) is 12.5. The number of carbonyl (C=O) groups is 1. The van der Waals surface area contributed by atoms with Gasteiger partial charge in [-0.15, -0.1) is 24.8 Å². The Labute approximate surface area is 187 Å². The molecule has 1 amide bonds. The van der Waals surface area contributed by atoms with Crippen LogP contribution in [0.1, 0.15) is 39.7 Å². The molecule has 166 valence electrons.